The first-order valence-corrected chi connectivity index (χ1v) is 6.85. The lowest BCUT2D eigenvalue weighted by Gasteiger charge is -2.41. The minimum absolute atomic E-state index is 1.05. The molecule has 0 radical (unpaired) electrons. The Morgan fingerprint density at radius 2 is 1.36 bits per heavy atom. The van der Waals surface area contributed by atoms with Gasteiger partial charge in [0.15, 0.2) is 0 Å². The number of hydrogen-bond acceptors (Lipinski definition) is 0. The molecule has 6 saturated carbocycles. The van der Waals surface area contributed by atoms with Gasteiger partial charge in [-0.3, -0.25) is 0 Å². The predicted octanol–water partition coefficient (Wildman–Crippen LogP) is 2.79. The van der Waals surface area contributed by atoms with Crippen molar-refractivity contribution in [1.29, 1.82) is 0 Å². The Balaban J connectivity index is 1.68. The molecule has 6 rings (SSSR count). The normalized spacial score (nSPS) is 88.5. The van der Waals surface area contributed by atoms with Crippen LogP contribution in [-0.4, -0.2) is 0 Å². The maximum absolute atomic E-state index is 2.59. The van der Waals surface area contributed by atoms with Crippen molar-refractivity contribution in [2.24, 2.45) is 58.7 Å². The lowest BCUT2D eigenvalue weighted by molar-refractivity contribution is 0.0754. The van der Waals surface area contributed by atoms with E-state index in [1.807, 2.05) is 0 Å². The molecule has 1 spiro atoms. The molecule has 74 valence electrons. The van der Waals surface area contributed by atoms with Crippen LogP contribution in [0, 0.1) is 58.7 Å². The molecule has 6 aliphatic carbocycles. The largest absolute Gasteiger partial charge is 0.0620 e. The van der Waals surface area contributed by atoms with E-state index in [1.54, 1.807) is 19.3 Å². The molecule has 0 aromatic carbocycles. The second kappa shape index (κ2) is 1.44. The smallest absolute Gasteiger partial charge is 0.0162 e. The zero-order valence-corrected chi connectivity index (χ0v) is 8.82. The molecule has 0 aliphatic heterocycles. The van der Waals surface area contributed by atoms with E-state index in [1.165, 1.54) is 47.3 Å². The van der Waals surface area contributed by atoms with Gasteiger partial charge >= 0.3 is 0 Å². The summed E-state index contributed by atoms with van der Waals surface area (Å²) in [4.78, 5) is 0. The standard InChI is InChI=1S/C14H18/c1-5-8-3-6-2-7-4-9(5)13-12(8)14(13)10(6)11(7)14/h5-13H,2-4H2,1H3. The molecule has 6 fully saturated rings. The van der Waals surface area contributed by atoms with E-state index in [9.17, 15) is 0 Å². The van der Waals surface area contributed by atoms with Gasteiger partial charge in [0.05, 0.1) is 0 Å². The number of hydrogen-bond donors (Lipinski definition) is 0. The summed E-state index contributed by atoms with van der Waals surface area (Å²) in [5.41, 5.74) is 1.05. The Labute approximate surface area is 85.4 Å². The molecule has 14 heavy (non-hydrogen) atoms. The quantitative estimate of drug-likeness (QED) is 0.545. The van der Waals surface area contributed by atoms with Gasteiger partial charge in [0, 0.05) is 0 Å². The van der Waals surface area contributed by atoms with Crippen LogP contribution in [0.5, 0.6) is 0 Å². The van der Waals surface area contributed by atoms with Crippen molar-refractivity contribution < 1.29 is 0 Å². The molecule has 0 N–H and O–H groups in total. The lowest BCUT2D eigenvalue weighted by Crippen LogP contribution is -2.34. The zero-order valence-electron chi connectivity index (χ0n) is 8.82. The Morgan fingerprint density at radius 1 is 0.786 bits per heavy atom. The van der Waals surface area contributed by atoms with Crippen LogP contribution in [-0.2, 0) is 0 Å². The Bertz CT molecular complexity index is 332. The molecule has 0 amide bonds. The predicted molar refractivity (Wildman–Crippen MR) is 53.4 cm³/mol. The molecule has 0 aromatic heterocycles. The van der Waals surface area contributed by atoms with Crippen LogP contribution in [0.15, 0.2) is 0 Å². The van der Waals surface area contributed by atoms with E-state index in [4.69, 9.17) is 0 Å². The van der Waals surface area contributed by atoms with Crippen molar-refractivity contribution in [1.82, 2.24) is 0 Å². The third-order valence-corrected chi connectivity index (χ3v) is 7.91. The van der Waals surface area contributed by atoms with E-state index in [0.717, 1.165) is 11.3 Å². The maximum atomic E-state index is 2.59. The highest BCUT2D eigenvalue weighted by molar-refractivity contribution is 5.42. The average Bonchev–Trinajstić information content (AvgIpc) is 2.93. The highest BCUT2D eigenvalue weighted by Crippen LogP contribution is 2.99. The first-order valence-electron chi connectivity index (χ1n) is 6.85. The Morgan fingerprint density at radius 3 is 1.93 bits per heavy atom. The molecule has 0 nitrogen and oxygen atoms in total. The van der Waals surface area contributed by atoms with Gasteiger partial charge in [0.25, 0.3) is 0 Å². The Hall–Kier alpha value is 0. The van der Waals surface area contributed by atoms with Gasteiger partial charge < -0.3 is 0 Å². The average molecular weight is 186 g/mol. The van der Waals surface area contributed by atoms with Crippen LogP contribution in [0.4, 0.5) is 0 Å². The molecule has 8 atom stereocenters. The molecule has 6 aliphatic rings. The van der Waals surface area contributed by atoms with Crippen molar-refractivity contribution in [3.63, 3.8) is 0 Å². The fourth-order valence-corrected chi connectivity index (χ4v) is 8.10. The van der Waals surface area contributed by atoms with Gasteiger partial charge in [0.1, 0.15) is 0 Å². The highest BCUT2D eigenvalue weighted by Gasteiger charge is 2.95. The molecule has 0 aromatic rings. The summed E-state index contributed by atoms with van der Waals surface area (Å²) in [6, 6.07) is 0. The lowest BCUT2D eigenvalue weighted by atomic mass is 9.64. The van der Waals surface area contributed by atoms with Crippen LogP contribution >= 0.6 is 0 Å². The third kappa shape index (κ3) is 0.354. The highest BCUT2D eigenvalue weighted by atomic mass is 15.0. The van der Waals surface area contributed by atoms with E-state index in [2.05, 4.69) is 6.92 Å². The molecule has 0 heterocycles. The second-order valence-corrected chi connectivity index (χ2v) is 7.52. The summed E-state index contributed by atoms with van der Waals surface area (Å²) in [5.74, 6) is 11.1. The second-order valence-electron chi connectivity index (χ2n) is 7.52. The molecular formula is C14H18. The fraction of sp³-hybridized carbons (Fsp3) is 1.00. The summed E-state index contributed by atoms with van der Waals surface area (Å²) in [6.45, 7) is 2.59. The molecule has 0 saturated heterocycles. The minimum atomic E-state index is 1.05. The van der Waals surface area contributed by atoms with E-state index >= 15 is 0 Å². The monoisotopic (exact) mass is 186 g/mol. The molecule has 0 bridgehead atoms. The molecule has 0 heteroatoms. The third-order valence-electron chi connectivity index (χ3n) is 7.91. The van der Waals surface area contributed by atoms with Crippen LogP contribution in [0.3, 0.4) is 0 Å². The number of rotatable bonds is 0. The SMILES string of the molecule is CC1C2CC3CC4CC1C1C2C12C3C42. The summed E-state index contributed by atoms with van der Waals surface area (Å²) in [7, 11) is 0. The van der Waals surface area contributed by atoms with Gasteiger partial charge in [-0.15, -0.1) is 0 Å². The van der Waals surface area contributed by atoms with Gasteiger partial charge in [0.2, 0.25) is 0 Å². The van der Waals surface area contributed by atoms with Crippen molar-refractivity contribution in [2.75, 3.05) is 0 Å². The maximum Gasteiger partial charge on any atom is -0.0162 e. The summed E-state index contributed by atoms with van der Waals surface area (Å²) < 4.78 is 0. The van der Waals surface area contributed by atoms with Crippen LogP contribution < -0.4 is 0 Å². The van der Waals surface area contributed by atoms with Gasteiger partial charge in [-0.25, -0.2) is 0 Å². The van der Waals surface area contributed by atoms with Crippen molar-refractivity contribution in [3.8, 4) is 0 Å². The van der Waals surface area contributed by atoms with E-state index < -0.39 is 0 Å². The summed E-state index contributed by atoms with van der Waals surface area (Å²) >= 11 is 0. The van der Waals surface area contributed by atoms with Crippen LogP contribution in [0.2, 0.25) is 0 Å². The Kier molecular flexibility index (Phi) is 0.676. The van der Waals surface area contributed by atoms with Gasteiger partial charge in [-0.05, 0) is 77.9 Å². The summed E-state index contributed by atoms with van der Waals surface area (Å²) in [5, 5.41) is 0. The minimum Gasteiger partial charge on any atom is -0.0620 e. The van der Waals surface area contributed by atoms with Crippen molar-refractivity contribution in [3.05, 3.63) is 0 Å². The van der Waals surface area contributed by atoms with E-state index in [0.29, 0.717) is 0 Å². The zero-order chi connectivity index (χ0) is 8.82. The first kappa shape index (κ1) is 6.55. The molecule has 8 unspecified atom stereocenters. The van der Waals surface area contributed by atoms with Crippen molar-refractivity contribution >= 4 is 0 Å². The van der Waals surface area contributed by atoms with E-state index in [-0.39, 0.29) is 0 Å². The fourth-order valence-electron chi connectivity index (χ4n) is 8.10. The van der Waals surface area contributed by atoms with Crippen LogP contribution in [0.1, 0.15) is 26.2 Å². The topological polar surface area (TPSA) is 0 Å². The van der Waals surface area contributed by atoms with Gasteiger partial charge in [-0.1, -0.05) is 6.92 Å². The molecular weight excluding hydrogens is 168 g/mol. The van der Waals surface area contributed by atoms with Crippen LogP contribution in [0.25, 0.3) is 0 Å². The summed E-state index contributed by atoms with van der Waals surface area (Å²) in [6.07, 6.45) is 4.99. The first-order chi connectivity index (χ1) is 6.85. The van der Waals surface area contributed by atoms with Crippen molar-refractivity contribution in [2.45, 2.75) is 26.2 Å². The van der Waals surface area contributed by atoms with Gasteiger partial charge in [-0.2, -0.15) is 0 Å².